The Balaban J connectivity index is 2.97. The Morgan fingerprint density at radius 3 is 2.35 bits per heavy atom. The molecule has 0 aliphatic carbocycles. The highest BCUT2D eigenvalue weighted by Crippen LogP contribution is 2.10. The van der Waals surface area contributed by atoms with Gasteiger partial charge in [-0.25, -0.2) is 4.79 Å². The third-order valence-corrected chi connectivity index (χ3v) is 2.45. The number of carbonyl (C=O) groups is 3. The molecule has 0 bridgehead atoms. The SMILES string of the molecule is CCOC(=O)[C@@](C=O)(NC(=O)c1ccccc1)OCC. The van der Waals surface area contributed by atoms with Crippen LogP contribution in [0.2, 0.25) is 0 Å². The standard InChI is InChI=1S/C14H17NO5/c1-3-19-13(18)14(10-16,20-4-2)15-12(17)11-8-6-5-7-9-11/h5-10H,3-4H2,1-2H3,(H,15,17)/t14-/m0/s1. The zero-order chi connectivity index (χ0) is 15.0. The molecule has 0 unspecified atom stereocenters. The molecular formula is C14H17NO5. The Morgan fingerprint density at radius 2 is 1.85 bits per heavy atom. The summed E-state index contributed by atoms with van der Waals surface area (Å²) < 4.78 is 9.89. The molecule has 1 aromatic carbocycles. The minimum atomic E-state index is -2.11. The number of ether oxygens (including phenoxy) is 2. The number of amides is 1. The van der Waals surface area contributed by atoms with E-state index in [0.717, 1.165) is 0 Å². The van der Waals surface area contributed by atoms with Crippen LogP contribution in [0.1, 0.15) is 24.2 Å². The lowest BCUT2D eigenvalue weighted by Gasteiger charge is -2.26. The van der Waals surface area contributed by atoms with E-state index in [-0.39, 0.29) is 19.5 Å². The van der Waals surface area contributed by atoms with Crippen molar-refractivity contribution in [3.05, 3.63) is 35.9 Å². The highest BCUT2D eigenvalue weighted by Gasteiger charge is 2.43. The second-order valence-corrected chi connectivity index (χ2v) is 3.83. The van der Waals surface area contributed by atoms with Gasteiger partial charge in [0, 0.05) is 12.2 Å². The molecule has 1 N–H and O–H groups in total. The first-order valence-electron chi connectivity index (χ1n) is 6.24. The van der Waals surface area contributed by atoms with Gasteiger partial charge in [-0.15, -0.1) is 0 Å². The molecule has 1 atom stereocenters. The molecule has 1 amide bonds. The van der Waals surface area contributed by atoms with Crippen molar-refractivity contribution in [1.29, 1.82) is 0 Å². The second-order valence-electron chi connectivity index (χ2n) is 3.83. The first kappa shape index (κ1) is 15.8. The number of benzene rings is 1. The van der Waals surface area contributed by atoms with E-state index in [9.17, 15) is 14.4 Å². The number of hydrogen-bond acceptors (Lipinski definition) is 5. The quantitative estimate of drug-likeness (QED) is 0.347. The summed E-state index contributed by atoms with van der Waals surface area (Å²) in [5, 5.41) is 2.28. The van der Waals surface area contributed by atoms with E-state index in [1.165, 1.54) is 0 Å². The lowest BCUT2D eigenvalue weighted by atomic mass is 10.1. The number of rotatable bonds is 7. The molecule has 108 valence electrons. The first-order valence-corrected chi connectivity index (χ1v) is 6.24. The lowest BCUT2D eigenvalue weighted by Crippen LogP contribution is -2.58. The molecule has 0 spiro atoms. The minimum Gasteiger partial charge on any atom is -0.462 e. The largest absolute Gasteiger partial charge is 0.462 e. The summed E-state index contributed by atoms with van der Waals surface area (Å²) in [5.74, 6) is -1.54. The zero-order valence-corrected chi connectivity index (χ0v) is 11.4. The summed E-state index contributed by atoms with van der Waals surface area (Å²) in [6, 6.07) is 8.20. The minimum absolute atomic E-state index is 0.0621. The maximum Gasteiger partial charge on any atom is 0.367 e. The van der Waals surface area contributed by atoms with E-state index in [0.29, 0.717) is 5.56 Å². The molecule has 0 fully saturated rings. The highest BCUT2D eigenvalue weighted by atomic mass is 16.6. The van der Waals surface area contributed by atoms with Gasteiger partial charge in [0.1, 0.15) is 0 Å². The molecule has 0 saturated carbocycles. The number of carbonyl (C=O) groups excluding carboxylic acids is 3. The van der Waals surface area contributed by atoms with Gasteiger partial charge in [0.2, 0.25) is 0 Å². The van der Waals surface area contributed by atoms with E-state index in [2.05, 4.69) is 5.32 Å². The predicted molar refractivity (Wildman–Crippen MR) is 71.0 cm³/mol. The van der Waals surface area contributed by atoms with Gasteiger partial charge in [-0.05, 0) is 26.0 Å². The van der Waals surface area contributed by atoms with Crippen molar-refractivity contribution < 1.29 is 23.9 Å². The molecule has 20 heavy (non-hydrogen) atoms. The van der Waals surface area contributed by atoms with Crippen LogP contribution in [0.4, 0.5) is 0 Å². The topological polar surface area (TPSA) is 81.7 Å². The highest BCUT2D eigenvalue weighted by molar-refractivity contribution is 6.04. The molecule has 1 aromatic rings. The Hall–Kier alpha value is -2.21. The maximum atomic E-state index is 12.0. The second kappa shape index (κ2) is 7.40. The van der Waals surface area contributed by atoms with Gasteiger partial charge in [0.15, 0.2) is 6.29 Å². The van der Waals surface area contributed by atoms with Gasteiger partial charge in [-0.2, -0.15) is 0 Å². The summed E-state index contributed by atoms with van der Waals surface area (Å²) in [6.07, 6.45) is 0.231. The summed E-state index contributed by atoms with van der Waals surface area (Å²) in [7, 11) is 0. The van der Waals surface area contributed by atoms with Gasteiger partial charge >= 0.3 is 5.97 Å². The summed E-state index contributed by atoms with van der Waals surface area (Å²) >= 11 is 0. The average molecular weight is 279 g/mol. The number of nitrogens with one attached hydrogen (secondary N) is 1. The summed E-state index contributed by atoms with van der Waals surface area (Å²) in [6.45, 7) is 3.33. The number of hydrogen-bond donors (Lipinski definition) is 1. The lowest BCUT2D eigenvalue weighted by molar-refractivity contribution is -0.175. The molecular weight excluding hydrogens is 262 g/mol. The van der Waals surface area contributed by atoms with Crippen LogP contribution in [0.3, 0.4) is 0 Å². The van der Waals surface area contributed by atoms with Crippen LogP contribution < -0.4 is 5.32 Å². The number of esters is 1. The van der Waals surface area contributed by atoms with E-state index < -0.39 is 17.6 Å². The van der Waals surface area contributed by atoms with Crippen LogP contribution in [-0.2, 0) is 19.1 Å². The molecule has 0 radical (unpaired) electrons. The van der Waals surface area contributed by atoms with Crippen LogP contribution in [0.25, 0.3) is 0 Å². The molecule has 6 heteroatoms. The average Bonchev–Trinajstić information content (AvgIpc) is 2.47. The normalized spacial score (nSPS) is 13.1. The fraction of sp³-hybridized carbons (Fsp3) is 0.357. The van der Waals surface area contributed by atoms with Crippen molar-refractivity contribution in [3.8, 4) is 0 Å². The molecule has 0 aliphatic heterocycles. The fourth-order valence-corrected chi connectivity index (χ4v) is 1.55. The third-order valence-electron chi connectivity index (χ3n) is 2.45. The van der Waals surface area contributed by atoms with Gasteiger partial charge < -0.3 is 14.8 Å². The molecule has 0 aromatic heterocycles. The van der Waals surface area contributed by atoms with E-state index in [1.54, 1.807) is 44.2 Å². The van der Waals surface area contributed by atoms with E-state index in [4.69, 9.17) is 9.47 Å². The van der Waals surface area contributed by atoms with Crippen LogP contribution in [-0.4, -0.2) is 37.1 Å². The Labute approximate surface area is 117 Å². The fourth-order valence-electron chi connectivity index (χ4n) is 1.55. The van der Waals surface area contributed by atoms with Gasteiger partial charge in [-0.1, -0.05) is 18.2 Å². The predicted octanol–water partition coefficient (Wildman–Crippen LogP) is 0.911. The molecule has 1 rings (SSSR count). The van der Waals surface area contributed by atoms with Crippen LogP contribution in [0.5, 0.6) is 0 Å². The third kappa shape index (κ3) is 3.64. The van der Waals surface area contributed by atoms with Crippen molar-refractivity contribution in [2.45, 2.75) is 19.6 Å². The van der Waals surface area contributed by atoms with Gasteiger partial charge in [-0.3, -0.25) is 9.59 Å². The first-order chi connectivity index (χ1) is 9.59. The molecule has 6 nitrogen and oxygen atoms in total. The Bertz CT molecular complexity index is 474. The van der Waals surface area contributed by atoms with Gasteiger partial charge in [0.25, 0.3) is 11.6 Å². The van der Waals surface area contributed by atoms with Crippen molar-refractivity contribution in [1.82, 2.24) is 5.32 Å². The Kier molecular flexibility index (Phi) is 5.86. The monoisotopic (exact) mass is 279 g/mol. The maximum absolute atomic E-state index is 12.0. The van der Waals surface area contributed by atoms with Gasteiger partial charge in [0.05, 0.1) is 6.61 Å². The smallest absolute Gasteiger partial charge is 0.367 e. The molecule has 0 saturated heterocycles. The molecule has 0 aliphatic rings. The zero-order valence-electron chi connectivity index (χ0n) is 11.4. The van der Waals surface area contributed by atoms with Crippen molar-refractivity contribution in [2.24, 2.45) is 0 Å². The number of aldehydes is 1. The summed E-state index contributed by atoms with van der Waals surface area (Å²) in [5.41, 5.74) is -1.81. The van der Waals surface area contributed by atoms with E-state index in [1.807, 2.05) is 0 Å². The Morgan fingerprint density at radius 1 is 1.20 bits per heavy atom. The van der Waals surface area contributed by atoms with Crippen molar-refractivity contribution in [2.75, 3.05) is 13.2 Å². The van der Waals surface area contributed by atoms with E-state index >= 15 is 0 Å². The van der Waals surface area contributed by atoms with Crippen LogP contribution >= 0.6 is 0 Å². The summed E-state index contributed by atoms with van der Waals surface area (Å²) in [4.78, 5) is 35.2. The van der Waals surface area contributed by atoms with Crippen LogP contribution in [0, 0.1) is 0 Å². The molecule has 0 heterocycles. The van der Waals surface area contributed by atoms with Crippen LogP contribution in [0.15, 0.2) is 30.3 Å². The van der Waals surface area contributed by atoms with Crippen molar-refractivity contribution >= 4 is 18.2 Å². The van der Waals surface area contributed by atoms with Crippen molar-refractivity contribution in [3.63, 3.8) is 0 Å².